The van der Waals surface area contributed by atoms with Crippen LogP contribution in [0.2, 0.25) is 0 Å². The van der Waals surface area contributed by atoms with Crippen LogP contribution in [0.25, 0.3) is 0 Å². The Bertz CT molecular complexity index is 374. The second kappa shape index (κ2) is 4.32. The van der Waals surface area contributed by atoms with Gasteiger partial charge in [-0.2, -0.15) is 0 Å². The van der Waals surface area contributed by atoms with Crippen molar-refractivity contribution in [1.29, 1.82) is 0 Å². The number of carbonyl (C=O) groups excluding carboxylic acids is 2. The highest BCUT2D eigenvalue weighted by Crippen LogP contribution is 2.23. The third-order valence-corrected chi connectivity index (χ3v) is 2.87. The van der Waals surface area contributed by atoms with E-state index in [1.54, 1.807) is 12.1 Å². The summed E-state index contributed by atoms with van der Waals surface area (Å²) in [7, 11) is 0. The Morgan fingerprint density at radius 1 is 1.54 bits per heavy atom. The van der Waals surface area contributed by atoms with Crippen molar-refractivity contribution >= 4 is 50.6 Å². The van der Waals surface area contributed by atoms with E-state index in [9.17, 15) is 9.59 Å². The van der Waals surface area contributed by atoms with Crippen LogP contribution < -0.4 is 0 Å². The molecule has 0 saturated carbocycles. The summed E-state index contributed by atoms with van der Waals surface area (Å²) >= 11 is 5.34. The number of hydrogen-bond acceptors (Lipinski definition) is 2. The topological polar surface area (TPSA) is 34.1 Å². The molecule has 0 aliphatic heterocycles. The molecule has 1 aromatic carbocycles. The highest BCUT2D eigenvalue weighted by Gasteiger charge is 2.10. The molecule has 0 heterocycles. The number of Topliss-reactive ketones (excluding diaryl/α,β-unsaturated/α-hetero) is 1. The molecular formula is C9H6BrIO2. The molecule has 13 heavy (non-hydrogen) atoms. The van der Waals surface area contributed by atoms with Gasteiger partial charge in [-0.15, -0.1) is 0 Å². The standard InChI is InChI=1S/C9H6BrIO2/c1-5(13)7-2-6(11)3-9(10)8(7)4-12/h2-4H,1H3. The van der Waals surface area contributed by atoms with Gasteiger partial charge in [-0.05, 0) is 57.6 Å². The Kier molecular flexibility index (Phi) is 3.61. The van der Waals surface area contributed by atoms with E-state index in [4.69, 9.17) is 0 Å². The number of hydrogen-bond donors (Lipinski definition) is 0. The number of rotatable bonds is 2. The van der Waals surface area contributed by atoms with Crippen LogP contribution in [0, 0.1) is 3.57 Å². The largest absolute Gasteiger partial charge is 0.298 e. The van der Waals surface area contributed by atoms with Gasteiger partial charge < -0.3 is 0 Å². The first-order valence-electron chi connectivity index (χ1n) is 3.51. The Labute approximate surface area is 98.0 Å². The van der Waals surface area contributed by atoms with Crippen LogP contribution in [0.1, 0.15) is 27.6 Å². The van der Waals surface area contributed by atoms with E-state index >= 15 is 0 Å². The summed E-state index contributed by atoms with van der Waals surface area (Å²) in [4.78, 5) is 21.8. The number of aldehydes is 1. The first-order valence-corrected chi connectivity index (χ1v) is 5.38. The number of carbonyl (C=O) groups is 2. The fraction of sp³-hybridized carbons (Fsp3) is 0.111. The minimum atomic E-state index is -0.0960. The lowest BCUT2D eigenvalue weighted by Gasteiger charge is -2.03. The Hall–Kier alpha value is -0.230. The van der Waals surface area contributed by atoms with Crippen LogP contribution in [0.3, 0.4) is 0 Å². The zero-order valence-electron chi connectivity index (χ0n) is 6.80. The lowest BCUT2D eigenvalue weighted by molar-refractivity contribution is 0.100. The smallest absolute Gasteiger partial charge is 0.160 e. The van der Waals surface area contributed by atoms with Gasteiger partial charge in [0, 0.05) is 19.2 Å². The molecule has 0 saturated heterocycles. The van der Waals surface area contributed by atoms with Gasteiger partial charge in [0.1, 0.15) is 0 Å². The maximum absolute atomic E-state index is 11.1. The van der Waals surface area contributed by atoms with Crippen LogP contribution in [0.5, 0.6) is 0 Å². The predicted molar refractivity (Wildman–Crippen MR) is 62.3 cm³/mol. The fourth-order valence-electron chi connectivity index (χ4n) is 0.996. The highest BCUT2D eigenvalue weighted by molar-refractivity contribution is 14.1. The van der Waals surface area contributed by atoms with Crippen LogP contribution in [0.4, 0.5) is 0 Å². The van der Waals surface area contributed by atoms with Gasteiger partial charge in [0.15, 0.2) is 12.1 Å². The monoisotopic (exact) mass is 352 g/mol. The van der Waals surface area contributed by atoms with E-state index in [1.807, 2.05) is 0 Å². The van der Waals surface area contributed by atoms with Gasteiger partial charge in [0.25, 0.3) is 0 Å². The van der Waals surface area contributed by atoms with Gasteiger partial charge in [0.05, 0.1) is 0 Å². The van der Waals surface area contributed by atoms with Gasteiger partial charge in [-0.1, -0.05) is 0 Å². The Morgan fingerprint density at radius 3 is 2.62 bits per heavy atom. The van der Waals surface area contributed by atoms with E-state index in [0.717, 1.165) is 3.57 Å². The second-order valence-electron chi connectivity index (χ2n) is 2.52. The third kappa shape index (κ3) is 2.37. The molecule has 0 radical (unpaired) electrons. The quantitative estimate of drug-likeness (QED) is 0.465. The van der Waals surface area contributed by atoms with Crippen molar-refractivity contribution in [3.63, 3.8) is 0 Å². The van der Waals surface area contributed by atoms with Crippen molar-refractivity contribution < 1.29 is 9.59 Å². The minimum absolute atomic E-state index is 0.0960. The van der Waals surface area contributed by atoms with Crippen molar-refractivity contribution in [3.05, 3.63) is 31.3 Å². The zero-order valence-corrected chi connectivity index (χ0v) is 10.5. The summed E-state index contributed by atoms with van der Waals surface area (Å²) in [6, 6.07) is 3.51. The van der Waals surface area contributed by atoms with Crippen molar-refractivity contribution in [1.82, 2.24) is 0 Å². The molecule has 0 amide bonds. The molecular weight excluding hydrogens is 347 g/mol. The van der Waals surface area contributed by atoms with E-state index in [1.165, 1.54) is 6.92 Å². The molecule has 0 N–H and O–H groups in total. The molecule has 0 aromatic heterocycles. The molecule has 68 valence electrons. The molecule has 0 aliphatic rings. The summed E-state index contributed by atoms with van der Waals surface area (Å²) in [5, 5.41) is 0. The van der Waals surface area contributed by atoms with Crippen molar-refractivity contribution in [2.24, 2.45) is 0 Å². The average Bonchev–Trinajstić information content (AvgIpc) is 2.02. The minimum Gasteiger partial charge on any atom is -0.298 e. The third-order valence-electron chi connectivity index (χ3n) is 1.59. The first kappa shape index (κ1) is 10.8. The Morgan fingerprint density at radius 2 is 2.15 bits per heavy atom. The highest BCUT2D eigenvalue weighted by atomic mass is 127. The number of benzene rings is 1. The molecule has 1 rings (SSSR count). The predicted octanol–water partition coefficient (Wildman–Crippen LogP) is 3.07. The summed E-state index contributed by atoms with van der Waals surface area (Å²) in [6.45, 7) is 1.45. The van der Waals surface area contributed by atoms with Crippen LogP contribution >= 0.6 is 38.5 Å². The Balaban J connectivity index is 3.46. The molecule has 0 aliphatic carbocycles. The lowest BCUT2D eigenvalue weighted by atomic mass is 10.1. The summed E-state index contributed by atoms with van der Waals surface area (Å²) in [6.07, 6.45) is 0.691. The van der Waals surface area contributed by atoms with Gasteiger partial charge in [0.2, 0.25) is 0 Å². The van der Waals surface area contributed by atoms with Crippen molar-refractivity contribution in [2.75, 3.05) is 0 Å². The van der Waals surface area contributed by atoms with Gasteiger partial charge in [-0.3, -0.25) is 9.59 Å². The lowest BCUT2D eigenvalue weighted by Crippen LogP contribution is -2.00. The zero-order chi connectivity index (χ0) is 10.0. The van der Waals surface area contributed by atoms with Gasteiger partial charge >= 0.3 is 0 Å². The molecule has 1 aromatic rings. The molecule has 0 fully saturated rings. The second-order valence-corrected chi connectivity index (χ2v) is 4.62. The van der Waals surface area contributed by atoms with Crippen molar-refractivity contribution in [3.8, 4) is 0 Å². The SMILES string of the molecule is CC(=O)c1cc(I)cc(Br)c1C=O. The normalized spacial score (nSPS) is 9.77. The van der Waals surface area contributed by atoms with Crippen LogP contribution in [0.15, 0.2) is 16.6 Å². The van der Waals surface area contributed by atoms with Crippen LogP contribution in [-0.4, -0.2) is 12.1 Å². The maximum atomic E-state index is 11.1. The van der Waals surface area contributed by atoms with E-state index < -0.39 is 0 Å². The average molecular weight is 353 g/mol. The molecule has 4 heteroatoms. The molecule has 0 spiro atoms. The van der Waals surface area contributed by atoms with E-state index in [-0.39, 0.29) is 5.78 Å². The molecule has 0 atom stereocenters. The molecule has 0 unspecified atom stereocenters. The number of ketones is 1. The fourth-order valence-corrected chi connectivity index (χ4v) is 2.60. The van der Waals surface area contributed by atoms with E-state index in [0.29, 0.717) is 21.9 Å². The van der Waals surface area contributed by atoms with Crippen molar-refractivity contribution in [2.45, 2.75) is 6.92 Å². The first-order chi connectivity index (χ1) is 6.06. The van der Waals surface area contributed by atoms with Crippen LogP contribution in [-0.2, 0) is 0 Å². The molecule has 2 nitrogen and oxygen atoms in total. The van der Waals surface area contributed by atoms with E-state index in [2.05, 4.69) is 38.5 Å². The summed E-state index contributed by atoms with van der Waals surface area (Å²) < 4.78 is 1.60. The number of halogens is 2. The summed E-state index contributed by atoms with van der Waals surface area (Å²) in [5.41, 5.74) is 0.890. The maximum Gasteiger partial charge on any atom is 0.160 e. The summed E-state index contributed by atoms with van der Waals surface area (Å²) in [5.74, 6) is -0.0960. The molecule has 0 bridgehead atoms. The van der Waals surface area contributed by atoms with Gasteiger partial charge in [-0.25, -0.2) is 0 Å².